The molecule has 0 unspecified atom stereocenters. The Morgan fingerprint density at radius 1 is 1.02 bits per heavy atom. The maximum atomic E-state index is 14.2. The van der Waals surface area contributed by atoms with Crippen molar-refractivity contribution in [3.8, 4) is 17.4 Å². The highest BCUT2D eigenvalue weighted by atomic mass is 19.3. The second kappa shape index (κ2) is 14.2. The minimum Gasteiger partial charge on any atom is -0.497 e. The number of hydrogen-bond donors (Lipinski definition) is 1. The highest BCUT2D eigenvalue weighted by molar-refractivity contribution is 5.79. The number of nitrogens with one attached hydrogen (secondary N) is 1. The first-order valence-electron chi connectivity index (χ1n) is 15.5. The van der Waals surface area contributed by atoms with E-state index in [1.54, 1.807) is 37.4 Å². The summed E-state index contributed by atoms with van der Waals surface area (Å²) in [6, 6.07) is 16.6. The van der Waals surface area contributed by atoms with Gasteiger partial charge in [-0.2, -0.15) is 9.97 Å². The quantitative estimate of drug-likeness (QED) is 0.226. The van der Waals surface area contributed by atoms with Crippen molar-refractivity contribution in [1.82, 2.24) is 24.8 Å². The first-order valence-corrected chi connectivity index (χ1v) is 15.5. The van der Waals surface area contributed by atoms with Crippen LogP contribution in [0.1, 0.15) is 49.9 Å². The summed E-state index contributed by atoms with van der Waals surface area (Å²) in [4.78, 5) is 28.4. The Morgan fingerprint density at radius 2 is 1.78 bits per heavy atom. The lowest BCUT2D eigenvalue weighted by Gasteiger charge is -2.29. The predicted octanol–water partition coefficient (Wildman–Crippen LogP) is 5.28. The fourth-order valence-corrected chi connectivity index (χ4v) is 5.97. The van der Waals surface area contributed by atoms with Gasteiger partial charge in [-0.25, -0.2) is 13.8 Å². The van der Waals surface area contributed by atoms with Gasteiger partial charge in [0.25, 0.3) is 6.43 Å². The maximum absolute atomic E-state index is 14.2. The minimum atomic E-state index is -2.80. The molecule has 45 heavy (non-hydrogen) atoms. The second-order valence-corrected chi connectivity index (χ2v) is 11.4. The normalized spacial score (nSPS) is 18.7. The summed E-state index contributed by atoms with van der Waals surface area (Å²) in [5.41, 5.74) is 2.19. The summed E-state index contributed by atoms with van der Waals surface area (Å²) >= 11 is 0. The third-order valence-corrected chi connectivity index (χ3v) is 8.42. The Labute approximate surface area is 260 Å². The Bertz CT molecular complexity index is 1580. The summed E-state index contributed by atoms with van der Waals surface area (Å²) in [5, 5.41) is 3.09. The van der Waals surface area contributed by atoms with E-state index in [0.29, 0.717) is 81.4 Å². The molecule has 1 amide bonds. The van der Waals surface area contributed by atoms with Crippen molar-refractivity contribution >= 4 is 22.9 Å². The van der Waals surface area contributed by atoms with Crippen LogP contribution >= 0.6 is 0 Å². The number of benzene rings is 2. The van der Waals surface area contributed by atoms with Gasteiger partial charge < -0.3 is 24.4 Å². The van der Waals surface area contributed by atoms with E-state index < -0.39 is 6.43 Å². The van der Waals surface area contributed by atoms with Crippen molar-refractivity contribution in [1.29, 1.82) is 0 Å². The van der Waals surface area contributed by atoms with Gasteiger partial charge in [-0.15, -0.1) is 0 Å². The Balaban J connectivity index is 1.10. The number of halogens is 2. The Hall–Kier alpha value is -4.32. The molecule has 0 spiro atoms. The summed E-state index contributed by atoms with van der Waals surface area (Å²) in [6.07, 6.45) is 1.56. The zero-order valence-electron chi connectivity index (χ0n) is 25.3. The number of alkyl halides is 2. The number of rotatable bonds is 11. The number of morpholine rings is 1. The van der Waals surface area contributed by atoms with Crippen molar-refractivity contribution in [2.24, 2.45) is 5.92 Å². The number of ether oxygens (including phenoxy) is 3. The van der Waals surface area contributed by atoms with Crippen molar-refractivity contribution < 1.29 is 27.8 Å². The zero-order valence-corrected chi connectivity index (χ0v) is 25.3. The molecule has 2 aromatic heterocycles. The van der Waals surface area contributed by atoms with Gasteiger partial charge in [0.05, 0.1) is 31.4 Å². The molecule has 0 bridgehead atoms. The van der Waals surface area contributed by atoms with Crippen LogP contribution in [0.25, 0.3) is 16.9 Å². The molecule has 2 aromatic carbocycles. The average Bonchev–Trinajstić information content (AvgIpc) is 3.48. The van der Waals surface area contributed by atoms with Crippen molar-refractivity contribution in [3.05, 3.63) is 66.0 Å². The van der Waals surface area contributed by atoms with Crippen LogP contribution in [0.4, 0.5) is 14.7 Å². The highest BCUT2D eigenvalue weighted by Gasteiger charge is 2.29. The van der Waals surface area contributed by atoms with E-state index in [9.17, 15) is 13.6 Å². The molecule has 0 atom stereocenters. The van der Waals surface area contributed by atoms with Crippen LogP contribution in [0, 0.1) is 5.92 Å². The third kappa shape index (κ3) is 7.33. The van der Waals surface area contributed by atoms with Crippen LogP contribution in [0.3, 0.4) is 0 Å². The first-order chi connectivity index (χ1) is 22.0. The molecule has 1 N–H and O–H groups in total. The highest BCUT2D eigenvalue weighted by Crippen LogP contribution is 2.32. The standard InChI is InChI=1S/C33H38F2N6O4/c1-43-24-12-8-22(9-13-24)5-4-16-36-32(42)23-10-14-25(15-11-23)45-29-21-28(38-33(39-29)40-17-19-44-20-18-40)41-27-7-3-2-6-26(27)37-31(41)30(34)35/h2-3,6-9,12-13,21,23,25,30H,4-5,10-11,14-20H2,1H3,(H,36,42). The molecule has 1 aliphatic carbocycles. The Morgan fingerprint density at radius 3 is 2.51 bits per heavy atom. The van der Waals surface area contributed by atoms with Gasteiger partial charge in [0.1, 0.15) is 17.7 Å². The number of fused-ring (bicyclic) bond motifs is 1. The van der Waals surface area contributed by atoms with E-state index in [-0.39, 0.29) is 29.6 Å². The molecule has 0 radical (unpaired) electrons. The van der Waals surface area contributed by atoms with Gasteiger partial charge in [-0.05, 0) is 68.4 Å². The molecule has 4 aromatic rings. The smallest absolute Gasteiger partial charge is 0.296 e. The summed E-state index contributed by atoms with van der Waals surface area (Å²) < 4.78 is 46.8. The number of carbonyl (C=O) groups is 1. The van der Waals surface area contributed by atoms with Gasteiger partial charge in [0, 0.05) is 31.6 Å². The monoisotopic (exact) mass is 620 g/mol. The van der Waals surface area contributed by atoms with Crippen molar-refractivity contribution in [2.75, 3.05) is 44.9 Å². The lowest BCUT2D eigenvalue weighted by molar-refractivity contribution is -0.126. The number of aryl methyl sites for hydroxylation is 1. The van der Waals surface area contributed by atoms with E-state index in [1.165, 1.54) is 10.1 Å². The number of aromatic nitrogens is 4. The first kappa shape index (κ1) is 30.7. The molecular weight excluding hydrogens is 582 g/mol. The zero-order chi connectivity index (χ0) is 31.2. The van der Waals surface area contributed by atoms with Crippen LogP contribution in [0.2, 0.25) is 0 Å². The number of carbonyl (C=O) groups excluding carboxylic acids is 1. The number of para-hydroxylation sites is 2. The third-order valence-electron chi connectivity index (χ3n) is 8.42. The largest absolute Gasteiger partial charge is 0.497 e. The summed E-state index contributed by atoms with van der Waals surface area (Å²) in [6.45, 7) is 2.82. The number of anilines is 1. The van der Waals surface area contributed by atoms with E-state index in [1.807, 2.05) is 29.2 Å². The van der Waals surface area contributed by atoms with E-state index in [0.717, 1.165) is 18.6 Å². The number of nitrogens with zero attached hydrogens (tertiary/aromatic N) is 5. The number of imidazole rings is 1. The predicted molar refractivity (Wildman–Crippen MR) is 165 cm³/mol. The van der Waals surface area contributed by atoms with Crippen LogP contribution in [0.5, 0.6) is 11.6 Å². The second-order valence-electron chi connectivity index (χ2n) is 11.4. The molecule has 1 saturated heterocycles. The van der Waals surface area contributed by atoms with Crippen LogP contribution in [-0.4, -0.2) is 71.5 Å². The Kier molecular flexibility index (Phi) is 9.68. The number of methoxy groups -OCH3 is 1. The molecule has 3 heterocycles. The summed E-state index contributed by atoms with van der Waals surface area (Å²) in [7, 11) is 1.65. The van der Waals surface area contributed by atoms with Crippen LogP contribution in [-0.2, 0) is 16.0 Å². The van der Waals surface area contributed by atoms with Crippen molar-refractivity contribution in [2.45, 2.75) is 51.1 Å². The topological polar surface area (TPSA) is 104 Å². The van der Waals surface area contributed by atoms with Crippen molar-refractivity contribution in [3.63, 3.8) is 0 Å². The molecular formula is C33H38F2N6O4. The molecule has 2 fully saturated rings. The molecule has 1 aliphatic heterocycles. The fraction of sp³-hybridized carbons (Fsp3) is 0.455. The number of amides is 1. The van der Waals surface area contributed by atoms with Gasteiger partial charge in [0.15, 0.2) is 5.82 Å². The lowest BCUT2D eigenvalue weighted by Crippen LogP contribution is -2.38. The molecule has 2 aliphatic rings. The van der Waals surface area contributed by atoms with E-state index in [2.05, 4.69) is 15.3 Å². The minimum absolute atomic E-state index is 0.0679. The molecule has 12 heteroatoms. The van der Waals surface area contributed by atoms with Gasteiger partial charge >= 0.3 is 0 Å². The number of hydrogen-bond acceptors (Lipinski definition) is 8. The van der Waals surface area contributed by atoms with Gasteiger partial charge in [-0.3, -0.25) is 9.36 Å². The molecule has 10 nitrogen and oxygen atoms in total. The average molecular weight is 621 g/mol. The summed E-state index contributed by atoms with van der Waals surface area (Å²) in [5.74, 6) is 1.43. The van der Waals surface area contributed by atoms with Crippen LogP contribution < -0.4 is 19.7 Å². The molecule has 238 valence electrons. The molecule has 1 saturated carbocycles. The van der Waals surface area contributed by atoms with E-state index >= 15 is 0 Å². The maximum Gasteiger partial charge on any atom is 0.296 e. The van der Waals surface area contributed by atoms with Gasteiger partial charge in [0.2, 0.25) is 17.7 Å². The van der Waals surface area contributed by atoms with E-state index in [4.69, 9.17) is 19.2 Å². The van der Waals surface area contributed by atoms with Gasteiger partial charge in [-0.1, -0.05) is 24.3 Å². The van der Waals surface area contributed by atoms with Crippen LogP contribution in [0.15, 0.2) is 54.6 Å². The fourth-order valence-electron chi connectivity index (χ4n) is 5.97. The lowest BCUT2D eigenvalue weighted by atomic mass is 9.86. The molecule has 6 rings (SSSR count). The SMILES string of the molecule is COc1ccc(CCCNC(=O)C2CCC(Oc3cc(-n4c(C(F)F)nc5ccccc54)nc(N4CCOCC4)n3)CC2)cc1.